The summed E-state index contributed by atoms with van der Waals surface area (Å²) < 4.78 is 16.9. The number of carbonyl (C=O) groups is 2. The molecule has 7 heteroatoms. The maximum atomic E-state index is 12.5. The summed E-state index contributed by atoms with van der Waals surface area (Å²) in [6.07, 6.45) is 0.932. The number of hydrogen-bond acceptors (Lipinski definition) is 5. The van der Waals surface area contributed by atoms with Gasteiger partial charge in [0.25, 0.3) is 11.8 Å². The van der Waals surface area contributed by atoms with Crippen LogP contribution >= 0.6 is 0 Å². The SMILES string of the molecule is O=C(NC[C@H]1COc2ccccc2O1)c1cccc(NC(=O)[C@@H]2CCCO2)c1. The standard InChI is InChI=1S/C21H22N2O5/c24-20(22-12-16-13-27-17-7-1-2-8-18(17)28-16)14-5-3-6-15(11-14)23-21(25)19-9-4-10-26-19/h1-3,5-8,11,16,19H,4,9-10,12-13H2,(H,22,24)(H,23,25)/t16-,19-/m0/s1. The number of para-hydroxylation sites is 2. The summed E-state index contributed by atoms with van der Waals surface area (Å²) in [6.45, 7) is 1.30. The van der Waals surface area contributed by atoms with Gasteiger partial charge in [-0.15, -0.1) is 0 Å². The third kappa shape index (κ3) is 4.26. The van der Waals surface area contributed by atoms with Crippen molar-refractivity contribution in [2.24, 2.45) is 0 Å². The van der Waals surface area contributed by atoms with Gasteiger partial charge < -0.3 is 24.8 Å². The van der Waals surface area contributed by atoms with E-state index in [4.69, 9.17) is 14.2 Å². The number of nitrogens with one attached hydrogen (secondary N) is 2. The van der Waals surface area contributed by atoms with Crippen molar-refractivity contribution < 1.29 is 23.8 Å². The zero-order valence-electron chi connectivity index (χ0n) is 15.4. The van der Waals surface area contributed by atoms with E-state index in [0.717, 1.165) is 12.8 Å². The maximum Gasteiger partial charge on any atom is 0.253 e. The zero-order valence-corrected chi connectivity index (χ0v) is 15.4. The highest BCUT2D eigenvalue weighted by Gasteiger charge is 2.24. The molecule has 0 spiro atoms. The normalized spacial score (nSPS) is 20.4. The van der Waals surface area contributed by atoms with E-state index >= 15 is 0 Å². The van der Waals surface area contributed by atoms with Gasteiger partial charge in [-0.1, -0.05) is 18.2 Å². The molecule has 28 heavy (non-hydrogen) atoms. The van der Waals surface area contributed by atoms with E-state index in [2.05, 4.69) is 10.6 Å². The van der Waals surface area contributed by atoms with Gasteiger partial charge in [0.2, 0.25) is 0 Å². The Morgan fingerprint density at radius 3 is 2.75 bits per heavy atom. The number of ether oxygens (including phenoxy) is 3. The first kappa shape index (κ1) is 18.3. The minimum Gasteiger partial charge on any atom is -0.486 e. The number of fused-ring (bicyclic) bond motifs is 1. The van der Waals surface area contributed by atoms with Crippen LogP contribution in [0.4, 0.5) is 5.69 Å². The largest absolute Gasteiger partial charge is 0.486 e. The molecule has 0 saturated carbocycles. The summed E-state index contributed by atoms with van der Waals surface area (Å²) in [5.74, 6) is 0.962. The number of anilines is 1. The van der Waals surface area contributed by atoms with E-state index in [-0.39, 0.29) is 17.9 Å². The molecule has 2 aliphatic heterocycles. The van der Waals surface area contributed by atoms with Gasteiger partial charge in [0.15, 0.2) is 11.5 Å². The van der Waals surface area contributed by atoms with Crippen molar-refractivity contribution in [1.82, 2.24) is 5.32 Å². The lowest BCUT2D eigenvalue weighted by atomic mass is 10.1. The first-order chi connectivity index (χ1) is 13.7. The molecule has 4 rings (SSSR count). The molecule has 2 N–H and O–H groups in total. The molecule has 2 atom stereocenters. The fourth-order valence-corrected chi connectivity index (χ4v) is 3.22. The van der Waals surface area contributed by atoms with E-state index in [0.29, 0.717) is 42.5 Å². The Hall–Kier alpha value is -3.06. The monoisotopic (exact) mass is 382 g/mol. The van der Waals surface area contributed by atoms with Gasteiger partial charge in [0.1, 0.15) is 18.8 Å². The summed E-state index contributed by atoms with van der Waals surface area (Å²) in [6, 6.07) is 14.3. The number of amides is 2. The molecule has 1 fully saturated rings. The van der Waals surface area contributed by atoms with Crippen LogP contribution in [0.1, 0.15) is 23.2 Å². The lowest BCUT2D eigenvalue weighted by Crippen LogP contribution is -2.40. The molecule has 0 unspecified atom stereocenters. The summed E-state index contributed by atoms with van der Waals surface area (Å²) in [5.41, 5.74) is 1.03. The smallest absolute Gasteiger partial charge is 0.253 e. The number of rotatable bonds is 5. The van der Waals surface area contributed by atoms with E-state index < -0.39 is 6.10 Å². The van der Waals surface area contributed by atoms with E-state index in [1.54, 1.807) is 24.3 Å². The van der Waals surface area contributed by atoms with E-state index in [9.17, 15) is 9.59 Å². The van der Waals surface area contributed by atoms with Crippen molar-refractivity contribution in [3.05, 3.63) is 54.1 Å². The van der Waals surface area contributed by atoms with Crippen LogP contribution in [-0.4, -0.2) is 43.8 Å². The van der Waals surface area contributed by atoms with Gasteiger partial charge in [-0.25, -0.2) is 0 Å². The average molecular weight is 382 g/mol. The summed E-state index contributed by atoms with van der Waals surface area (Å²) >= 11 is 0. The van der Waals surface area contributed by atoms with Crippen LogP contribution in [-0.2, 0) is 9.53 Å². The first-order valence-corrected chi connectivity index (χ1v) is 9.38. The molecular formula is C21H22N2O5. The Morgan fingerprint density at radius 1 is 1.07 bits per heavy atom. The Labute approximate surface area is 163 Å². The second-order valence-electron chi connectivity index (χ2n) is 6.78. The Morgan fingerprint density at radius 2 is 1.93 bits per heavy atom. The molecule has 0 bridgehead atoms. The second-order valence-corrected chi connectivity index (χ2v) is 6.78. The summed E-state index contributed by atoms with van der Waals surface area (Å²) in [4.78, 5) is 24.6. The minimum atomic E-state index is -0.413. The van der Waals surface area contributed by atoms with Gasteiger partial charge in [0, 0.05) is 17.9 Å². The van der Waals surface area contributed by atoms with Crippen LogP contribution < -0.4 is 20.1 Å². The van der Waals surface area contributed by atoms with Crippen molar-refractivity contribution >= 4 is 17.5 Å². The maximum absolute atomic E-state index is 12.5. The number of carbonyl (C=O) groups excluding carboxylic acids is 2. The molecule has 2 heterocycles. The quantitative estimate of drug-likeness (QED) is 0.829. The molecule has 2 aromatic carbocycles. The number of benzene rings is 2. The molecule has 2 aliphatic rings. The fourth-order valence-electron chi connectivity index (χ4n) is 3.22. The van der Waals surface area contributed by atoms with E-state index in [1.165, 1.54) is 0 Å². The zero-order chi connectivity index (χ0) is 19.3. The Kier molecular flexibility index (Phi) is 5.43. The topological polar surface area (TPSA) is 85.9 Å². The first-order valence-electron chi connectivity index (χ1n) is 9.38. The second kappa shape index (κ2) is 8.31. The van der Waals surface area contributed by atoms with Gasteiger partial charge in [-0.3, -0.25) is 9.59 Å². The highest BCUT2D eigenvalue weighted by molar-refractivity contribution is 5.98. The fraction of sp³-hybridized carbons (Fsp3) is 0.333. The van der Waals surface area contributed by atoms with Crippen molar-refractivity contribution in [3.8, 4) is 11.5 Å². The van der Waals surface area contributed by atoms with Gasteiger partial charge >= 0.3 is 0 Å². The lowest BCUT2D eigenvalue weighted by Gasteiger charge is -2.26. The minimum absolute atomic E-state index is 0.179. The molecule has 2 amide bonds. The van der Waals surface area contributed by atoms with Crippen LogP contribution in [0.2, 0.25) is 0 Å². The van der Waals surface area contributed by atoms with Crippen LogP contribution in [0, 0.1) is 0 Å². The molecule has 0 aliphatic carbocycles. The Bertz CT molecular complexity index is 863. The predicted molar refractivity (Wildman–Crippen MR) is 103 cm³/mol. The Balaban J connectivity index is 1.32. The van der Waals surface area contributed by atoms with Gasteiger partial charge in [-0.05, 0) is 43.2 Å². The predicted octanol–water partition coefficient (Wildman–Crippen LogP) is 2.37. The average Bonchev–Trinajstić information content (AvgIpc) is 3.27. The van der Waals surface area contributed by atoms with Gasteiger partial charge in [0.05, 0.1) is 6.54 Å². The van der Waals surface area contributed by atoms with Crippen molar-refractivity contribution in [1.29, 1.82) is 0 Å². The van der Waals surface area contributed by atoms with Crippen molar-refractivity contribution in [2.75, 3.05) is 25.1 Å². The van der Waals surface area contributed by atoms with Crippen LogP contribution in [0.25, 0.3) is 0 Å². The van der Waals surface area contributed by atoms with E-state index in [1.807, 2.05) is 24.3 Å². The molecular weight excluding hydrogens is 360 g/mol. The highest BCUT2D eigenvalue weighted by atomic mass is 16.6. The van der Waals surface area contributed by atoms with Crippen LogP contribution in [0.3, 0.4) is 0 Å². The lowest BCUT2D eigenvalue weighted by molar-refractivity contribution is -0.124. The molecule has 7 nitrogen and oxygen atoms in total. The van der Waals surface area contributed by atoms with Crippen molar-refractivity contribution in [3.63, 3.8) is 0 Å². The third-order valence-corrected chi connectivity index (χ3v) is 4.67. The van der Waals surface area contributed by atoms with Crippen molar-refractivity contribution in [2.45, 2.75) is 25.0 Å². The number of hydrogen-bond donors (Lipinski definition) is 2. The van der Waals surface area contributed by atoms with Crippen LogP contribution in [0.15, 0.2) is 48.5 Å². The molecule has 0 radical (unpaired) electrons. The summed E-state index contributed by atoms with van der Waals surface area (Å²) in [7, 11) is 0. The summed E-state index contributed by atoms with van der Waals surface area (Å²) in [5, 5.41) is 5.66. The molecule has 1 saturated heterocycles. The molecule has 146 valence electrons. The molecule has 0 aromatic heterocycles. The third-order valence-electron chi connectivity index (χ3n) is 4.67. The van der Waals surface area contributed by atoms with Crippen LogP contribution in [0.5, 0.6) is 11.5 Å². The highest BCUT2D eigenvalue weighted by Crippen LogP contribution is 2.30. The van der Waals surface area contributed by atoms with Gasteiger partial charge in [-0.2, -0.15) is 0 Å². The molecule has 2 aromatic rings.